The van der Waals surface area contributed by atoms with Gasteiger partial charge in [0.1, 0.15) is 0 Å². The monoisotopic (exact) mass is 266 g/mol. The maximum atomic E-state index is 5.80. The minimum atomic E-state index is 0.499. The fraction of sp³-hybridized carbons (Fsp3) is 0.133. The van der Waals surface area contributed by atoms with E-state index in [1.54, 1.807) is 6.20 Å². The third-order valence-corrected chi connectivity index (χ3v) is 3.05. The number of hydrogen-bond donors (Lipinski definition) is 1. The Morgan fingerprint density at radius 3 is 2.85 bits per heavy atom. The normalized spacial score (nSPS) is 10.7. The van der Waals surface area contributed by atoms with Crippen LogP contribution in [-0.2, 0) is 6.42 Å². The van der Waals surface area contributed by atoms with Gasteiger partial charge in [0.2, 0.25) is 0 Å². The molecule has 0 bridgehead atoms. The molecule has 0 unspecified atom stereocenters. The SMILES string of the molecule is Cc1cc(-c2nc(Cc3ccccn3)no2)ccc1N. The summed E-state index contributed by atoms with van der Waals surface area (Å²) >= 11 is 0. The van der Waals surface area contributed by atoms with Crippen LogP contribution in [0.25, 0.3) is 11.5 Å². The van der Waals surface area contributed by atoms with Crippen molar-refractivity contribution >= 4 is 5.69 Å². The van der Waals surface area contributed by atoms with Gasteiger partial charge >= 0.3 is 0 Å². The van der Waals surface area contributed by atoms with Crippen molar-refractivity contribution < 1.29 is 4.52 Å². The summed E-state index contributed by atoms with van der Waals surface area (Å²) in [6.07, 6.45) is 2.30. The summed E-state index contributed by atoms with van der Waals surface area (Å²) in [5.74, 6) is 1.12. The first kappa shape index (κ1) is 12.3. The lowest BCUT2D eigenvalue weighted by atomic mass is 10.1. The van der Waals surface area contributed by atoms with E-state index < -0.39 is 0 Å². The van der Waals surface area contributed by atoms with E-state index in [-0.39, 0.29) is 0 Å². The van der Waals surface area contributed by atoms with E-state index in [0.29, 0.717) is 18.1 Å². The average Bonchev–Trinajstić information content (AvgIpc) is 2.91. The van der Waals surface area contributed by atoms with Gasteiger partial charge in [-0.2, -0.15) is 4.98 Å². The van der Waals surface area contributed by atoms with Gasteiger partial charge in [-0.25, -0.2) is 0 Å². The summed E-state index contributed by atoms with van der Waals surface area (Å²) in [7, 11) is 0. The number of benzene rings is 1. The highest BCUT2D eigenvalue weighted by Crippen LogP contribution is 2.22. The first-order valence-electron chi connectivity index (χ1n) is 6.31. The van der Waals surface area contributed by atoms with Gasteiger partial charge in [-0.15, -0.1) is 0 Å². The van der Waals surface area contributed by atoms with Crippen molar-refractivity contribution in [1.29, 1.82) is 0 Å². The number of rotatable bonds is 3. The van der Waals surface area contributed by atoms with Crippen LogP contribution in [0.2, 0.25) is 0 Å². The van der Waals surface area contributed by atoms with E-state index >= 15 is 0 Å². The lowest BCUT2D eigenvalue weighted by molar-refractivity contribution is 0.423. The molecule has 5 heteroatoms. The summed E-state index contributed by atoms with van der Waals surface area (Å²) in [6, 6.07) is 11.4. The van der Waals surface area contributed by atoms with Gasteiger partial charge in [0.25, 0.3) is 5.89 Å². The molecular weight excluding hydrogens is 252 g/mol. The molecule has 2 aromatic heterocycles. The summed E-state index contributed by atoms with van der Waals surface area (Å²) in [5.41, 5.74) is 9.33. The predicted molar refractivity (Wildman–Crippen MR) is 75.9 cm³/mol. The predicted octanol–water partition coefficient (Wildman–Crippen LogP) is 2.61. The Labute approximate surface area is 116 Å². The van der Waals surface area contributed by atoms with E-state index in [2.05, 4.69) is 15.1 Å². The highest BCUT2D eigenvalue weighted by Gasteiger charge is 2.10. The van der Waals surface area contributed by atoms with E-state index in [1.165, 1.54) is 0 Å². The van der Waals surface area contributed by atoms with Crippen molar-refractivity contribution in [3.8, 4) is 11.5 Å². The maximum absolute atomic E-state index is 5.80. The smallest absolute Gasteiger partial charge is 0.257 e. The maximum Gasteiger partial charge on any atom is 0.257 e. The van der Waals surface area contributed by atoms with E-state index in [4.69, 9.17) is 10.3 Å². The van der Waals surface area contributed by atoms with E-state index in [9.17, 15) is 0 Å². The first-order valence-corrected chi connectivity index (χ1v) is 6.31. The average molecular weight is 266 g/mol. The largest absolute Gasteiger partial charge is 0.399 e. The molecule has 2 heterocycles. The summed E-state index contributed by atoms with van der Waals surface area (Å²) in [4.78, 5) is 8.63. The van der Waals surface area contributed by atoms with Crippen LogP contribution < -0.4 is 5.73 Å². The van der Waals surface area contributed by atoms with Gasteiger partial charge in [0.05, 0.1) is 6.42 Å². The Hall–Kier alpha value is -2.69. The fourth-order valence-corrected chi connectivity index (χ4v) is 1.92. The van der Waals surface area contributed by atoms with Crippen LogP contribution in [0.4, 0.5) is 5.69 Å². The van der Waals surface area contributed by atoms with Crippen LogP contribution in [0.3, 0.4) is 0 Å². The second kappa shape index (κ2) is 5.13. The highest BCUT2D eigenvalue weighted by atomic mass is 16.5. The molecule has 0 atom stereocenters. The van der Waals surface area contributed by atoms with Gasteiger partial charge in [0, 0.05) is 23.1 Å². The Morgan fingerprint density at radius 1 is 1.20 bits per heavy atom. The van der Waals surface area contributed by atoms with Crippen LogP contribution in [-0.4, -0.2) is 15.1 Å². The molecule has 5 nitrogen and oxygen atoms in total. The molecule has 3 rings (SSSR count). The van der Waals surface area contributed by atoms with E-state index in [0.717, 1.165) is 22.5 Å². The summed E-state index contributed by atoms with van der Waals surface area (Å²) < 4.78 is 5.29. The number of pyridine rings is 1. The zero-order chi connectivity index (χ0) is 13.9. The number of aromatic nitrogens is 3. The molecular formula is C15H14N4O. The highest BCUT2D eigenvalue weighted by molar-refractivity contribution is 5.60. The number of nitrogens with zero attached hydrogens (tertiary/aromatic N) is 3. The van der Waals surface area contributed by atoms with Crippen LogP contribution in [0.5, 0.6) is 0 Å². The second-order valence-electron chi connectivity index (χ2n) is 4.58. The minimum absolute atomic E-state index is 0.499. The molecule has 0 spiro atoms. The number of hydrogen-bond acceptors (Lipinski definition) is 5. The lowest BCUT2D eigenvalue weighted by Crippen LogP contribution is -1.93. The lowest BCUT2D eigenvalue weighted by Gasteiger charge is -2.00. The van der Waals surface area contributed by atoms with Crippen LogP contribution >= 0.6 is 0 Å². The molecule has 0 aliphatic carbocycles. The number of nitrogens with two attached hydrogens (primary N) is 1. The van der Waals surface area contributed by atoms with Crippen molar-refractivity contribution in [3.63, 3.8) is 0 Å². The fourth-order valence-electron chi connectivity index (χ4n) is 1.92. The summed E-state index contributed by atoms with van der Waals surface area (Å²) in [5, 5.41) is 3.98. The quantitative estimate of drug-likeness (QED) is 0.737. The number of aryl methyl sites for hydroxylation is 1. The Kier molecular flexibility index (Phi) is 3.16. The number of nitrogen functional groups attached to an aromatic ring is 1. The van der Waals surface area contributed by atoms with Crippen LogP contribution in [0.1, 0.15) is 17.1 Å². The van der Waals surface area contributed by atoms with Crippen LogP contribution in [0, 0.1) is 6.92 Å². The molecule has 20 heavy (non-hydrogen) atoms. The van der Waals surface area contributed by atoms with Crippen LogP contribution in [0.15, 0.2) is 47.1 Å². The molecule has 0 amide bonds. The standard InChI is InChI=1S/C15H14N4O/c1-10-8-11(5-6-13(10)16)15-18-14(19-20-15)9-12-4-2-3-7-17-12/h2-8H,9,16H2,1H3. The summed E-state index contributed by atoms with van der Waals surface area (Å²) in [6.45, 7) is 1.95. The van der Waals surface area contributed by atoms with E-state index in [1.807, 2.05) is 43.3 Å². The van der Waals surface area contributed by atoms with Gasteiger partial charge in [-0.3, -0.25) is 4.98 Å². The molecule has 0 radical (unpaired) electrons. The topological polar surface area (TPSA) is 77.8 Å². The third-order valence-electron chi connectivity index (χ3n) is 3.05. The Balaban J connectivity index is 1.84. The van der Waals surface area contributed by atoms with Crippen molar-refractivity contribution in [2.75, 3.05) is 5.73 Å². The van der Waals surface area contributed by atoms with Crippen molar-refractivity contribution in [2.45, 2.75) is 13.3 Å². The molecule has 2 N–H and O–H groups in total. The molecule has 0 aliphatic rings. The Morgan fingerprint density at radius 2 is 2.10 bits per heavy atom. The molecule has 0 saturated heterocycles. The third kappa shape index (κ3) is 2.51. The Bertz CT molecular complexity index is 722. The zero-order valence-corrected chi connectivity index (χ0v) is 11.1. The molecule has 3 aromatic rings. The second-order valence-corrected chi connectivity index (χ2v) is 4.58. The number of anilines is 1. The minimum Gasteiger partial charge on any atom is -0.399 e. The van der Waals surface area contributed by atoms with Gasteiger partial charge in [-0.05, 0) is 42.8 Å². The molecule has 0 fully saturated rings. The van der Waals surface area contributed by atoms with Gasteiger partial charge in [0.15, 0.2) is 5.82 Å². The first-order chi connectivity index (χ1) is 9.72. The van der Waals surface area contributed by atoms with Crippen molar-refractivity contribution in [3.05, 3.63) is 59.7 Å². The molecule has 1 aromatic carbocycles. The van der Waals surface area contributed by atoms with Crippen molar-refractivity contribution in [1.82, 2.24) is 15.1 Å². The van der Waals surface area contributed by atoms with Gasteiger partial charge in [-0.1, -0.05) is 11.2 Å². The molecule has 100 valence electrons. The zero-order valence-electron chi connectivity index (χ0n) is 11.1. The van der Waals surface area contributed by atoms with Gasteiger partial charge < -0.3 is 10.3 Å². The molecule has 0 aliphatic heterocycles. The van der Waals surface area contributed by atoms with Crippen molar-refractivity contribution in [2.24, 2.45) is 0 Å². The molecule has 0 saturated carbocycles.